The molecule has 3 nitrogen and oxygen atoms in total. The predicted molar refractivity (Wildman–Crippen MR) is 84.4 cm³/mol. The molecule has 0 atom stereocenters. The molecule has 1 aliphatic heterocycles. The van der Waals surface area contributed by atoms with Crippen molar-refractivity contribution in [3.8, 4) is 5.75 Å². The summed E-state index contributed by atoms with van der Waals surface area (Å²) in [6, 6.07) is 10.5. The smallest absolute Gasteiger partial charge is 0.172 e. The third-order valence-electron chi connectivity index (χ3n) is 3.58. The molecule has 104 valence electrons. The lowest BCUT2D eigenvalue weighted by atomic mass is 10.1. The summed E-state index contributed by atoms with van der Waals surface area (Å²) in [5, 5.41) is 0. The highest BCUT2D eigenvalue weighted by Gasteiger charge is 2.20. The molecule has 2 heterocycles. The van der Waals surface area contributed by atoms with Gasteiger partial charge in [0, 0.05) is 6.54 Å². The first-order valence-corrected chi connectivity index (χ1v) is 7.53. The third kappa shape index (κ3) is 2.66. The number of nitrogens with zero attached hydrogens (tertiary/aromatic N) is 2. The lowest BCUT2D eigenvalue weighted by molar-refractivity contribution is 0.304. The number of ether oxygens (including phenoxy) is 1. The van der Waals surface area contributed by atoms with Gasteiger partial charge in [0.25, 0.3) is 0 Å². The van der Waals surface area contributed by atoms with E-state index in [0.717, 1.165) is 29.3 Å². The number of benzene rings is 1. The molecule has 0 aliphatic carbocycles. The van der Waals surface area contributed by atoms with Gasteiger partial charge in [-0.3, -0.25) is 0 Å². The molecule has 1 aliphatic rings. The summed E-state index contributed by atoms with van der Waals surface area (Å²) < 4.78 is 6.51. The Bertz CT molecular complexity index is 642. The minimum atomic E-state index is 0.710. The molecule has 3 rings (SSSR count). The molecule has 0 saturated heterocycles. The Morgan fingerprint density at radius 2 is 2.10 bits per heavy atom. The van der Waals surface area contributed by atoms with E-state index in [-0.39, 0.29) is 0 Å². The maximum Gasteiger partial charge on any atom is 0.172 e. The molecule has 2 aromatic rings. The number of hydrogen-bond donors (Lipinski definition) is 0. The Kier molecular flexibility index (Phi) is 3.66. The molecule has 0 saturated carbocycles. The Hall–Kier alpha value is -1.55. The van der Waals surface area contributed by atoms with Gasteiger partial charge >= 0.3 is 0 Å². The second-order valence-electron chi connectivity index (χ2n) is 5.16. The highest BCUT2D eigenvalue weighted by Crippen LogP contribution is 2.32. The van der Waals surface area contributed by atoms with Gasteiger partial charge in [-0.15, -0.1) is 0 Å². The molecule has 1 aromatic carbocycles. The second kappa shape index (κ2) is 5.44. The number of halogens is 1. The Morgan fingerprint density at radius 3 is 2.90 bits per heavy atom. The zero-order valence-electron chi connectivity index (χ0n) is 11.7. The molecule has 1 aromatic heterocycles. The van der Waals surface area contributed by atoms with Gasteiger partial charge in [0.15, 0.2) is 11.6 Å². The van der Waals surface area contributed by atoms with Crippen LogP contribution in [0.25, 0.3) is 0 Å². The quantitative estimate of drug-likeness (QED) is 0.781. The van der Waals surface area contributed by atoms with Crippen molar-refractivity contribution in [1.82, 2.24) is 4.98 Å². The summed E-state index contributed by atoms with van der Waals surface area (Å²) in [5.41, 5.74) is 3.97. The number of pyridine rings is 1. The van der Waals surface area contributed by atoms with Crippen LogP contribution in [0.1, 0.15) is 16.7 Å². The van der Waals surface area contributed by atoms with E-state index in [1.807, 2.05) is 12.1 Å². The van der Waals surface area contributed by atoms with E-state index >= 15 is 0 Å². The molecule has 0 unspecified atom stereocenters. The first-order chi connectivity index (χ1) is 9.63. The predicted octanol–water partition coefficient (Wildman–Crippen LogP) is 3.86. The van der Waals surface area contributed by atoms with Crippen LogP contribution < -0.4 is 9.64 Å². The third-order valence-corrected chi connectivity index (χ3v) is 4.02. The minimum Gasteiger partial charge on any atom is -0.488 e. The fraction of sp³-hybridized carbons (Fsp3) is 0.312. The lowest BCUT2D eigenvalue weighted by Crippen LogP contribution is -2.33. The second-order valence-corrected chi connectivity index (χ2v) is 5.97. The molecule has 0 amide bonds. The van der Waals surface area contributed by atoms with Crippen LogP contribution in [0.4, 0.5) is 5.82 Å². The average Bonchev–Trinajstić information content (AvgIpc) is 2.42. The van der Waals surface area contributed by atoms with E-state index < -0.39 is 0 Å². The van der Waals surface area contributed by atoms with Crippen molar-refractivity contribution in [2.75, 3.05) is 18.1 Å². The van der Waals surface area contributed by atoms with Crippen LogP contribution in [0.2, 0.25) is 0 Å². The minimum absolute atomic E-state index is 0.710. The van der Waals surface area contributed by atoms with Gasteiger partial charge in [-0.2, -0.15) is 0 Å². The van der Waals surface area contributed by atoms with Gasteiger partial charge < -0.3 is 9.64 Å². The largest absolute Gasteiger partial charge is 0.488 e. The summed E-state index contributed by atoms with van der Waals surface area (Å²) in [6.07, 6.45) is 0. The van der Waals surface area contributed by atoms with Crippen molar-refractivity contribution >= 4 is 21.7 Å². The zero-order valence-corrected chi connectivity index (χ0v) is 13.3. The molecular formula is C16H17BrN2O. The van der Waals surface area contributed by atoms with Crippen molar-refractivity contribution in [1.29, 1.82) is 0 Å². The van der Waals surface area contributed by atoms with Gasteiger partial charge in [0.05, 0.1) is 6.54 Å². The van der Waals surface area contributed by atoms with Crippen LogP contribution in [0.3, 0.4) is 0 Å². The van der Waals surface area contributed by atoms with E-state index in [0.29, 0.717) is 6.61 Å². The number of aryl methyl sites for hydroxylation is 2. The number of aromatic nitrogens is 1. The maximum absolute atomic E-state index is 5.67. The summed E-state index contributed by atoms with van der Waals surface area (Å²) in [5.74, 6) is 1.79. The van der Waals surface area contributed by atoms with Gasteiger partial charge in [-0.25, -0.2) is 4.98 Å². The normalized spacial score (nSPS) is 13.8. The fourth-order valence-electron chi connectivity index (χ4n) is 2.51. The van der Waals surface area contributed by atoms with E-state index in [2.05, 4.69) is 57.9 Å². The first kappa shape index (κ1) is 13.4. The fourth-order valence-corrected chi connectivity index (χ4v) is 2.81. The van der Waals surface area contributed by atoms with E-state index in [1.165, 1.54) is 16.7 Å². The van der Waals surface area contributed by atoms with Crippen molar-refractivity contribution in [2.45, 2.75) is 20.4 Å². The van der Waals surface area contributed by atoms with E-state index in [1.54, 1.807) is 0 Å². The number of fused-ring (bicyclic) bond motifs is 1. The van der Waals surface area contributed by atoms with Gasteiger partial charge in [-0.05, 0) is 53.0 Å². The van der Waals surface area contributed by atoms with Crippen LogP contribution >= 0.6 is 15.9 Å². The van der Waals surface area contributed by atoms with Crippen molar-refractivity contribution < 1.29 is 4.74 Å². The van der Waals surface area contributed by atoms with Crippen LogP contribution in [0.5, 0.6) is 5.75 Å². The standard InChI is InChI=1S/C16H17BrN2O/c1-11-3-4-13(12(2)9-11)10-19-7-8-20-14-5-6-15(17)18-16(14)19/h3-6,9H,7-8,10H2,1-2H3. The van der Waals surface area contributed by atoms with Gasteiger partial charge in [-0.1, -0.05) is 23.8 Å². The van der Waals surface area contributed by atoms with E-state index in [4.69, 9.17) is 4.74 Å². The maximum atomic E-state index is 5.67. The van der Waals surface area contributed by atoms with E-state index in [9.17, 15) is 0 Å². The summed E-state index contributed by atoms with van der Waals surface area (Å²) in [7, 11) is 0. The zero-order chi connectivity index (χ0) is 14.1. The van der Waals surface area contributed by atoms with Gasteiger partial charge in [0.1, 0.15) is 11.2 Å². The molecule has 0 bridgehead atoms. The summed E-state index contributed by atoms with van der Waals surface area (Å²) in [4.78, 5) is 6.84. The first-order valence-electron chi connectivity index (χ1n) is 6.74. The lowest BCUT2D eigenvalue weighted by Gasteiger charge is -2.30. The Morgan fingerprint density at radius 1 is 1.25 bits per heavy atom. The van der Waals surface area contributed by atoms with Crippen LogP contribution in [0, 0.1) is 13.8 Å². The number of rotatable bonds is 2. The summed E-state index contributed by atoms with van der Waals surface area (Å²) in [6.45, 7) is 6.73. The molecule has 4 heteroatoms. The monoisotopic (exact) mass is 332 g/mol. The van der Waals surface area contributed by atoms with Gasteiger partial charge in [0.2, 0.25) is 0 Å². The Balaban J connectivity index is 1.91. The summed E-state index contributed by atoms with van der Waals surface area (Å²) >= 11 is 3.43. The Labute approximate surface area is 127 Å². The topological polar surface area (TPSA) is 25.4 Å². The number of hydrogen-bond acceptors (Lipinski definition) is 3. The molecule has 0 N–H and O–H groups in total. The average molecular weight is 333 g/mol. The van der Waals surface area contributed by atoms with Crippen molar-refractivity contribution in [3.05, 3.63) is 51.6 Å². The van der Waals surface area contributed by atoms with Crippen molar-refractivity contribution in [2.24, 2.45) is 0 Å². The number of anilines is 1. The molecule has 0 fully saturated rings. The molecular weight excluding hydrogens is 316 g/mol. The molecule has 0 spiro atoms. The van der Waals surface area contributed by atoms with Crippen LogP contribution in [-0.4, -0.2) is 18.1 Å². The highest BCUT2D eigenvalue weighted by molar-refractivity contribution is 9.10. The molecule has 0 radical (unpaired) electrons. The van der Waals surface area contributed by atoms with Crippen LogP contribution in [-0.2, 0) is 6.54 Å². The molecule has 20 heavy (non-hydrogen) atoms. The SMILES string of the molecule is Cc1ccc(CN2CCOc3ccc(Br)nc32)c(C)c1. The highest BCUT2D eigenvalue weighted by atomic mass is 79.9. The van der Waals surface area contributed by atoms with Crippen molar-refractivity contribution in [3.63, 3.8) is 0 Å². The van der Waals surface area contributed by atoms with Crippen LogP contribution in [0.15, 0.2) is 34.9 Å².